The van der Waals surface area contributed by atoms with Gasteiger partial charge in [-0.15, -0.1) is 0 Å². The monoisotopic (exact) mass is 194 g/mol. The van der Waals surface area contributed by atoms with Crippen LogP contribution in [0.5, 0.6) is 5.75 Å². The molecule has 1 aromatic rings. The number of ketones is 1. The first-order chi connectivity index (χ1) is 6.77. The van der Waals surface area contributed by atoms with Gasteiger partial charge in [0, 0.05) is 5.56 Å². The third kappa shape index (κ3) is 2.58. The van der Waals surface area contributed by atoms with Crippen LogP contribution in [0.2, 0.25) is 0 Å². The predicted octanol–water partition coefficient (Wildman–Crippen LogP) is 1.05. The zero-order valence-corrected chi connectivity index (χ0v) is 7.73. The van der Waals surface area contributed by atoms with Gasteiger partial charge in [-0.2, -0.15) is 0 Å². The van der Waals surface area contributed by atoms with E-state index in [-0.39, 0.29) is 18.9 Å². The van der Waals surface area contributed by atoms with Crippen LogP contribution >= 0.6 is 0 Å². The van der Waals surface area contributed by atoms with Gasteiger partial charge in [-0.05, 0) is 24.3 Å². The normalized spacial score (nSPS) is 9.21. The molecule has 0 aliphatic rings. The van der Waals surface area contributed by atoms with Crippen LogP contribution in [-0.4, -0.2) is 26.0 Å². The average molecular weight is 194 g/mol. The molecule has 0 unspecified atom stereocenters. The lowest BCUT2D eigenvalue weighted by molar-refractivity contribution is -0.127. The summed E-state index contributed by atoms with van der Waals surface area (Å²) in [6, 6.07) is 6.59. The molecule has 0 aliphatic carbocycles. The van der Waals surface area contributed by atoms with E-state index in [0.717, 1.165) is 0 Å². The quantitative estimate of drug-likeness (QED) is 0.519. The number of hydrogen-bond acceptors (Lipinski definition) is 4. The summed E-state index contributed by atoms with van der Waals surface area (Å²) in [5, 5.41) is 0. The number of carbonyl (C=O) groups is 2. The summed E-state index contributed by atoms with van der Waals surface area (Å²) in [5.74, 6) is 0.442. The van der Waals surface area contributed by atoms with Gasteiger partial charge < -0.3 is 9.47 Å². The second-order valence-electron chi connectivity index (χ2n) is 2.56. The fraction of sp³-hybridized carbons (Fsp3) is 0.200. The van der Waals surface area contributed by atoms with Crippen LogP contribution < -0.4 is 4.74 Å². The summed E-state index contributed by atoms with van der Waals surface area (Å²) >= 11 is 0. The molecular weight excluding hydrogens is 184 g/mol. The molecule has 0 bridgehead atoms. The molecule has 1 aromatic carbocycles. The lowest BCUT2D eigenvalue weighted by atomic mass is 10.1. The molecule has 0 saturated carbocycles. The lowest BCUT2D eigenvalue weighted by Crippen LogP contribution is -2.07. The Morgan fingerprint density at radius 2 is 2.00 bits per heavy atom. The molecule has 4 nitrogen and oxygen atoms in total. The van der Waals surface area contributed by atoms with Crippen molar-refractivity contribution in [3.05, 3.63) is 29.8 Å². The molecule has 0 saturated heterocycles. The third-order valence-corrected chi connectivity index (χ3v) is 1.69. The standard InChI is InChI=1S/C10H10O4/c1-13-9-4-2-8(3-5-9)10(12)6-14-7-11/h2-5,7H,6H2,1H3. The minimum absolute atomic E-state index is 0.226. The Morgan fingerprint density at radius 1 is 1.36 bits per heavy atom. The van der Waals surface area contributed by atoms with Gasteiger partial charge in [0.15, 0.2) is 12.4 Å². The van der Waals surface area contributed by atoms with E-state index in [1.54, 1.807) is 31.4 Å². The summed E-state index contributed by atoms with van der Waals surface area (Å²) < 4.78 is 9.28. The van der Waals surface area contributed by atoms with Gasteiger partial charge in [-0.3, -0.25) is 9.59 Å². The van der Waals surface area contributed by atoms with E-state index in [1.165, 1.54) is 0 Å². The van der Waals surface area contributed by atoms with E-state index in [2.05, 4.69) is 4.74 Å². The number of carbonyl (C=O) groups excluding carboxylic acids is 2. The lowest BCUT2D eigenvalue weighted by Gasteiger charge is -2.01. The Morgan fingerprint density at radius 3 is 2.50 bits per heavy atom. The van der Waals surface area contributed by atoms with Crippen molar-refractivity contribution in [1.82, 2.24) is 0 Å². The Kier molecular flexibility index (Phi) is 3.67. The summed E-state index contributed by atoms with van der Waals surface area (Å²) in [6.45, 7) is 0.0251. The van der Waals surface area contributed by atoms with Gasteiger partial charge in [0.25, 0.3) is 6.47 Å². The first-order valence-electron chi connectivity index (χ1n) is 4.00. The fourth-order valence-electron chi connectivity index (χ4n) is 0.970. The largest absolute Gasteiger partial charge is 0.497 e. The van der Waals surface area contributed by atoms with Crippen LogP contribution in [0.1, 0.15) is 10.4 Å². The first kappa shape index (κ1) is 10.2. The number of rotatable bonds is 5. The van der Waals surface area contributed by atoms with Crippen LogP contribution in [0, 0.1) is 0 Å². The van der Waals surface area contributed by atoms with Gasteiger partial charge in [-0.1, -0.05) is 0 Å². The molecule has 0 heterocycles. The molecule has 1 rings (SSSR count). The summed E-state index contributed by atoms with van der Waals surface area (Å²) in [4.78, 5) is 21.1. The molecule has 14 heavy (non-hydrogen) atoms. The molecule has 4 heteroatoms. The number of benzene rings is 1. The predicted molar refractivity (Wildman–Crippen MR) is 49.3 cm³/mol. The van der Waals surface area contributed by atoms with E-state index >= 15 is 0 Å². The minimum Gasteiger partial charge on any atom is -0.497 e. The maximum absolute atomic E-state index is 11.3. The molecule has 0 radical (unpaired) electrons. The first-order valence-corrected chi connectivity index (χ1v) is 4.00. The zero-order valence-electron chi connectivity index (χ0n) is 7.73. The van der Waals surface area contributed by atoms with Crippen molar-refractivity contribution < 1.29 is 19.1 Å². The maximum atomic E-state index is 11.3. The Labute approximate surface area is 81.4 Å². The van der Waals surface area contributed by atoms with E-state index in [0.29, 0.717) is 11.3 Å². The van der Waals surface area contributed by atoms with Gasteiger partial charge >= 0.3 is 0 Å². The molecule has 74 valence electrons. The van der Waals surface area contributed by atoms with Gasteiger partial charge in [-0.25, -0.2) is 0 Å². The molecule has 0 amide bonds. The number of hydrogen-bond donors (Lipinski definition) is 0. The van der Waals surface area contributed by atoms with Gasteiger partial charge in [0.05, 0.1) is 7.11 Å². The van der Waals surface area contributed by atoms with Crippen molar-refractivity contribution in [3.8, 4) is 5.75 Å². The highest BCUT2D eigenvalue weighted by Crippen LogP contribution is 2.11. The number of Topliss-reactive ketones (excluding diaryl/α,β-unsaturated/α-hetero) is 1. The second-order valence-corrected chi connectivity index (χ2v) is 2.56. The van der Waals surface area contributed by atoms with Gasteiger partial charge in [0.2, 0.25) is 0 Å². The average Bonchev–Trinajstić information content (AvgIpc) is 2.26. The minimum atomic E-state index is -0.236. The van der Waals surface area contributed by atoms with Crippen LogP contribution in [0.15, 0.2) is 24.3 Å². The third-order valence-electron chi connectivity index (χ3n) is 1.69. The highest BCUT2D eigenvalue weighted by atomic mass is 16.5. The molecule has 0 atom stereocenters. The Hall–Kier alpha value is -1.84. The van der Waals surface area contributed by atoms with Crippen LogP contribution in [0.25, 0.3) is 0 Å². The Bertz CT molecular complexity index is 315. The second kappa shape index (κ2) is 5.01. The smallest absolute Gasteiger partial charge is 0.293 e. The molecule has 0 spiro atoms. The number of methoxy groups -OCH3 is 1. The molecule has 0 N–H and O–H groups in total. The Balaban J connectivity index is 2.66. The maximum Gasteiger partial charge on any atom is 0.293 e. The zero-order chi connectivity index (χ0) is 10.4. The molecular formula is C10H10O4. The van der Waals surface area contributed by atoms with Crippen LogP contribution in [0.4, 0.5) is 0 Å². The molecule has 0 aliphatic heterocycles. The summed E-state index contributed by atoms with van der Waals surface area (Å²) in [6.07, 6.45) is 0. The van der Waals surface area contributed by atoms with E-state index in [9.17, 15) is 9.59 Å². The van der Waals surface area contributed by atoms with Crippen molar-refractivity contribution in [2.45, 2.75) is 0 Å². The van der Waals surface area contributed by atoms with E-state index in [4.69, 9.17) is 4.74 Å². The topological polar surface area (TPSA) is 52.6 Å². The fourth-order valence-corrected chi connectivity index (χ4v) is 0.970. The highest BCUT2D eigenvalue weighted by molar-refractivity contribution is 5.97. The van der Waals surface area contributed by atoms with Crippen LogP contribution in [-0.2, 0) is 9.53 Å². The summed E-state index contributed by atoms with van der Waals surface area (Å²) in [7, 11) is 1.55. The van der Waals surface area contributed by atoms with Crippen LogP contribution in [0.3, 0.4) is 0 Å². The molecule has 0 aromatic heterocycles. The van der Waals surface area contributed by atoms with Crippen molar-refractivity contribution in [1.29, 1.82) is 0 Å². The van der Waals surface area contributed by atoms with Crippen molar-refractivity contribution in [2.75, 3.05) is 13.7 Å². The SMILES string of the molecule is COc1ccc(C(=O)COC=O)cc1. The van der Waals surface area contributed by atoms with Gasteiger partial charge in [0.1, 0.15) is 5.75 Å². The van der Waals surface area contributed by atoms with E-state index < -0.39 is 0 Å². The molecule has 0 fully saturated rings. The number of ether oxygens (including phenoxy) is 2. The highest BCUT2D eigenvalue weighted by Gasteiger charge is 2.05. The van der Waals surface area contributed by atoms with Crippen molar-refractivity contribution in [3.63, 3.8) is 0 Å². The van der Waals surface area contributed by atoms with E-state index in [1.807, 2.05) is 0 Å². The van der Waals surface area contributed by atoms with Crippen molar-refractivity contribution in [2.24, 2.45) is 0 Å². The summed E-state index contributed by atoms with van der Waals surface area (Å²) in [5.41, 5.74) is 0.493. The van der Waals surface area contributed by atoms with Crippen molar-refractivity contribution >= 4 is 12.3 Å².